The van der Waals surface area contributed by atoms with Crippen molar-refractivity contribution in [1.29, 1.82) is 0 Å². The van der Waals surface area contributed by atoms with Gasteiger partial charge < -0.3 is 10.2 Å². The molecule has 1 aliphatic rings. The molecule has 0 unspecified atom stereocenters. The topological polar surface area (TPSA) is 86.8 Å². The Morgan fingerprint density at radius 3 is 2.38 bits per heavy atom. The SMILES string of the molecule is CCCNC(=O)[C@@H](Cc1ccccc1)N(Cc1cccc(Br)c1)C(=O)CCCN1c2cccc3cccc(c23)S1(=O)=O. The molecule has 4 aromatic carbocycles. The zero-order chi connectivity index (χ0) is 29.7. The van der Waals surface area contributed by atoms with Crippen LogP contribution in [0.5, 0.6) is 0 Å². The van der Waals surface area contributed by atoms with E-state index in [2.05, 4.69) is 21.2 Å². The first-order valence-electron chi connectivity index (χ1n) is 14.2. The van der Waals surface area contributed by atoms with Gasteiger partial charge in [-0.1, -0.05) is 89.6 Å². The third-order valence-corrected chi connectivity index (χ3v) is 9.84. The van der Waals surface area contributed by atoms with Gasteiger partial charge in [0, 0.05) is 42.3 Å². The van der Waals surface area contributed by atoms with E-state index < -0.39 is 16.1 Å². The number of hydrogen-bond acceptors (Lipinski definition) is 4. The lowest BCUT2D eigenvalue weighted by atomic mass is 10.0. The maximum atomic E-state index is 14.0. The van der Waals surface area contributed by atoms with Gasteiger partial charge in [0.2, 0.25) is 11.8 Å². The fraction of sp³-hybridized carbons (Fsp3) is 0.273. The highest BCUT2D eigenvalue weighted by Crippen LogP contribution is 2.42. The average molecular weight is 649 g/mol. The first-order chi connectivity index (χ1) is 20.3. The van der Waals surface area contributed by atoms with Crippen LogP contribution in [-0.4, -0.2) is 44.3 Å². The summed E-state index contributed by atoms with van der Waals surface area (Å²) in [6.45, 7) is 2.92. The summed E-state index contributed by atoms with van der Waals surface area (Å²) in [5.74, 6) is -0.400. The van der Waals surface area contributed by atoms with Crippen LogP contribution < -0.4 is 9.62 Å². The first-order valence-corrected chi connectivity index (χ1v) is 16.4. The molecule has 2 amide bonds. The number of carbonyl (C=O) groups excluding carboxylic acids is 2. The number of nitrogens with one attached hydrogen (secondary N) is 1. The number of sulfonamides is 1. The number of anilines is 1. The fourth-order valence-electron chi connectivity index (χ4n) is 5.47. The monoisotopic (exact) mass is 647 g/mol. The Morgan fingerprint density at radius 2 is 1.64 bits per heavy atom. The van der Waals surface area contributed by atoms with E-state index in [-0.39, 0.29) is 31.3 Å². The van der Waals surface area contributed by atoms with Crippen molar-refractivity contribution in [2.24, 2.45) is 0 Å². The molecule has 42 heavy (non-hydrogen) atoms. The molecular weight excluding hydrogens is 614 g/mol. The Bertz CT molecular complexity index is 1690. The third kappa shape index (κ3) is 6.37. The molecule has 4 aromatic rings. The van der Waals surface area contributed by atoms with Crippen LogP contribution in [0.25, 0.3) is 10.8 Å². The molecule has 9 heteroatoms. The Hall–Kier alpha value is -3.69. The van der Waals surface area contributed by atoms with Crippen LogP contribution in [0.15, 0.2) is 100 Å². The van der Waals surface area contributed by atoms with E-state index in [0.29, 0.717) is 30.0 Å². The number of nitrogens with zero attached hydrogens (tertiary/aromatic N) is 2. The maximum absolute atomic E-state index is 14.0. The summed E-state index contributed by atoms with van der Waals surface area (Å²) < 4.78 is 29.1. The van der Waals surface area contributed by atoms with Crippen molar-refractivity contribution in [3.8, 4) is 0 Å². The second kappa shape index (κ2) is 13.1. The van der Waals surface area contributed by atoms with Crippen LogP contribution in [0.3, 0.4) is 0 Å². The Morgan fingerprint density at radius 1 is 0.929 bits per heavy atom. The molecule has 7 nitrogen and oxygen atoms in total. The number of hydrogen-bond donors (Lipinski definition) is 1. The highest BCUT2D eigenvalue weighted by molar-refractivity contribution is 9.10. The van der Waals surface area contributed by atoms with Gasteiger partial charge in [0.1, 0.15) is 6.04 Å². The zero-order valence-electron chi connectivity index (χ0n) is 23.5. The minimum Gasteiger partial charge on any atom is -0.354 e. The summed E-state index contributed by atoms with van der Waals surface area (Å²) in [6, 6.07) is 27.5. The Balaban J connectivity index is 1.39. The van der Waals surface area contributed by atoms with E-state index in [9.17, 15) is 18.0 Å². The van der Waals surface area contributed by atoms with Crippen molar-refractivity contribution >= 4 is 54.2 Å². The second-order valence-electron chi connectivity index (χ2n) is 10.5. The van der Waals surface area contributed by atoms with Gasteiger partial charge in [-0.05, 0) is 53.6 Å². The fourth-order valence-corrected chi connectivity index (χ4v) is 7.66. The van der Waals surface area contributed by atoms with Crippen molar-refractivity contribution in [3.05, 3.63) is 107 Å². The molecule has 0 aliphatic carbocycles. The van der Waals surface area contributed by atoms with Crippen LogP contribution in [0.1, 0.15) is 37.3 Å². The van der Waals surface area contributed by atoms with Gasteiger partial charge in [-0.3, -0.25) is 13.9 Å². The van der Waals surface area contributed by atoms with Crippen LogP contribution in [-0.2, 0) is 32.6 Å². The number of carbonyl (C=O) groups is 2. The van der Waals surface area contributed by atoms with Crippen molar-refractivity contribution < 1.29 is 18.0 Å². The zero-order valence-corrected chi connectivity index (χ0v) is 25.9. The van der Waals surface area contributed by atoms with Gasteiger partial charge in [-0.2, -0.15) is 0 Å². The van der Waals surface area contributed by atoms with E-state index in [1.165, 1.54) is 4.31 Å². The van der Waals surface area contributed by atoms with E-state index >= 15 is 0 Å². The van der Waals surface area contributed by atoms with E-state index in [1.54, 1.807) is 17.0 Å². The lowest BCUT2D eigenvalue weighted by Crippen LogP contribution is -2.50. The van der Waals surface area contributed by atoms with E-state index in [1.807, 2.05) is 85.8 Å². The molecule has 0 spiro atoms. The maximum Gasteiger partial charge on any atom is 0.265 e. The lowest BCUT2D eigenvalue weighted by Gasteiger charge is -2.32. The molecule has 5 rings (SSSR count). The van der Waals surface area contributed by atoms with Crippen LogP contribution >= 0.6 is 15.9 Å². The molecule has 0 radical (unpaired) electrons. The minimum atomic E-state index is -3.71. The van der Waals surface area contributed by atoms with Gasteiger partial charge >= 0.3 is 0 Å². The van der Waals surface area contributed by atoms with Crippen molar-refractivity contribution in [2.75, 3.05) is 17.4 Å². The van der Waals surface area contributed by atoms with Gasteiger partial charge in [-0.15, -0.1) is 0 Å². The van der Waals surface area contributed by atoms with Crippen molar-refractivity contribution in [3.63, 3.8) is 0 Å². The molecule has 0 saturated heterocycles. The quantitative estimate of drug-likeness (QED) is 0.203. The molecule has 0 saturated carbocycles. The third-order valence-electron chi connectivity index (χ3n) is 7.50. The van der Waals surface area contributed by atoms with E-state index in [4.69, 9.17) is 0 Å². The van der Waals surface area contributed by atoms with Crippen molar-refractivity contribution in [2.45, 2.75) is 50.1 Å². The molecule has 218 valence electrons. The largest absolute Gasteiger partial charge is 0.354 e. The predicted molar refractivity (Wildman–Crippen MR) is 170 cm³/mol. The summed E-state index contributed by atoms with van der Waals surface area (Å²) in [6.07, 6.45) is 1.56. The minimum absolute atomic E-state index is 0.0959. The summed E-state index contributed by atoms with van der Waals surface area (Å²) in [5, 5.41) is 4.58. The molecular formula is C33H34BrN3O4S. The first kappa shape index (κ1) is 29.8. The summed E-state index contributed by atoms with van der Waals surface area (Å²) in [5.41, 5.74) is 2.49. The summed E-state index contributed by atoms with van der Waals surface area (Å²) in [4.78, 5) is 29.4. The molecule has 1 heterocycles. The average Bonchev–Trinajstić information content (AvgIpc) is 3.21. The number of rotatable bonds is 12. The number of halogens is 1. The molecule has 1 N–H and O–H groups in total. The highest BCUT2D eigenvalue weighted by atomic mass is 79.9. The molecule has 1 atom stereocenters. The number of benzene rings is 4. The molecule has 1 aliphatic heterocycles. The van der Waals surface area contributed by atoms with E-state index in [0.717, 1.165) is 32.8 Å². The predicted octanol–water partition coefficient (Wildman–Crippen LogP) is 6.06. The van der Waals surface area contributed by atoms with Gasteiger partial charge in [0.25, 0.3) is 10.0 Å². The Kier molecular flexibility index (Phi) is 9.28. The van der Waals surface area contributed by atoms with Gasteiger partial charge in [0.15, 0.2) is 0 Å². The second-order valence-corrected chi connectivity index (χ2v) is 13.2. The molecule has 0 fully saturated rings. The van der Waals surface area contributed by atoms with Crippen molar-refractivity contribution in [1.82, 2.24) is 10.2 Å². The Labute approximate surface area is 255 Å². The van der Waals surface area contributed by atoms with Crippen LogP contribution in [0.2, 0.25) is 0 Å². The van der Waals surface area contributed by atoms with Gasteiger partial charge in [-0.25, -0.2) is 8.42 Å². The standard InChI is InChI=1S/C33H34BrN3O4S/c1-2-19-35-33(39)29(22-24-10-4-3-5-11-24)36(23-25-12-6-15-27(34)21-25)31(38)18-9-20-37-28-16-7-13-26-14-8-17-30(32(26)28)42(37,40)41/h3-8,10-17,21,29H,2,9,18-20,22-23H2,1H3,(H,35,39)/t29-/m1/s1. The smallest absolute Gasteiger partial charge is 0.265 e. The lowest BCUT2D eigenvalue weighted by molar-refractivity contribution is -0.141. The summed E-state index contributed by atoms with van der Waals surface area (Å²) in [7, 11) is -3.71. The highest BCUT2D eigenvalue weighted by Gasteiger charge is 2.36. The van der Waals surface area contributed by atoms with Crippen LogP contribution in [0, 0.1) is 0 Å². The van der Waals surface area contributed by atoms with Gasteiger partial charge in [0.05, 0.1) is 10.6 Å². The van der Waals surface area contributed by atoms with Crippen LogP contribution in [0.4, 0.5) is 5.69 Å². The summed E-state index contributed by atoms with van der Waals surface area (Å²) >= 11 is 3.51. The number of amides is 2. The molecule has 0 bridgehead atoms. The molecule has 0 aromatic heterocycles. The normalized spacial score (nSPS) is 14.1.